The third kappa shape index (κ3) is 6.63. The second-order valence-corrected chi connectivity index (χ2v) is 5.41. The first-order valence-electron chi connectivity index (χ1n) is 7.20. The van der Waals surface area contributed by atoms with Crippen LogP contribution in [-0.2, 0) is 4.79 Å². The summed E-state index contributed by atoms with van der Waals surface area (Å²) in [6, 6.07) is 0.278. The van der Waals surface area contributed by atoms with Gasteiger partial charge in [-0.1, -0.05) is 6.42 Å². The van der Waals surface area contributed by atoms with Gasteiger partial charge in [-0.3, -0.25) is 4.79 Å². The Labute approximate surface area is 115 Å². The highest BCUT2D eigenvalue weighted by Crippen LogP contribution is 2.10. The Kier molecular flexibility index (Phi) is 7.59. The van der Waals surface area contributed by atoms with E-state index in [1.54, 1.807) is 0 Å². The van der Waals surface area contributed by atoms with Gasteiger partial charge in [0.05, 0.1) is 6.04 Å². The van der Waals surface area contributed by atoms with Crippen LogP contribution in [0.25, 0.3) is 0 Å². The van der Waals surface area contributed by atoms with Gasteiger partial charge in [-0.2, -0.15) is 5.11 Å². The fourth-order valence-electron chi connectivity index (χ4n) is 2.35. The predicted molar refractivity (Wildman–Crippen MR) is 75.1 cm³/mol. The van der Waals surface area contributed by atoms with Crippen LogP contribution in [0, 0.1) is 5.53 Å². The lowest BCUT2D eigenvalue weighted by Gasteiger charge is -2.29. The van der Waals surface area contributed by atoms with Crippen LogP contribution in [0.1, 0.15) is 38.5 Å². The molecule has 1 saturated heterocycles. The Morgan fingerprint density at radius 3 is 2.74 bits per heavy atom. The van der Waals surface area contributed by atoms with E-state index in [1.807, 2.05) is 0 Å². The second-order valence-electron chi connectivity index (χ2n) is 5.41. The number of amides is 1. The minimum Gasteiger partial charge on any atom is -0.353 e. The van der Waals surface area contributed by atoms with Crippen molar-refractivity contribution in [2.75, 3.05) is 26.7 Å². The molecule has 6 heteroatoms. The molecule has 1 aliphatic rings. The van der Waals surface area contributed by atoms with Gasteiger partial charge in [0.25, 0.3) is 0 Å². The number of nitrogens with two attached hydrogens (primary N) is 1. The highest BCUT2D eigenvalue weighted by Gasteiger charge is 2.18. The standard InChI is InChI=1S/C13H27N5O/c1-18-8-6-11(7-9-18)16-13(19)5-3-2-4-12(10-14)17-15/h11-12,15H,2-10,14H2,1H3,(H,16,19). The predicted octanol–water partition coefficient (Wildman–Crippen LogP) is 1.12. The van der Waals surface area contributed by atoms with Crippen LogP contribution in [0.15, 0.2) is 5.11 Å². The van der Waals surface area contributed by atoms with Crippen LogP contribution in [0.2, 0.25) is 0 Å². The molecule has 1 amide bonds. The van der Waals surface area contributed by atoms with Gasteiger partial charge in [0.2, 0.25) is 5.91 Å². The molecule has 1 aliphatic heterocycles. The van der Waals surface area contributed by atoms with E-state index in [9.17, 15) is 4.79 Å². The van der Waals surface area contributed by atoms with Gasteiger partial charge >= 0.3 is 0 Å². The van der Waals surface area contributed by atoms with Crippen LogP contribution in [0.3, 0.4) is 0 Å². The summed E-state index contributed by atoms with van der Waals surface area (Å²) in [5.41, 5.74) is 12.4. The molecule has 1 unspecified atom stereocenters. The lowest BCUT2D eigenvalue weighted by Crippen LogP contribution is -2.43. The van der Waals surface area contributed by atoms with E-state index in [2.05, 4.69) is 22.4 Å². The van der Waals surface area contributed by atoms with E-state index in [-0.39, 0.29) is 11.9 Å². The van der Waals surface area contributed by atoms with E-state index in [1.165, 1.54) is 0 Å². The van der Waals surface area contributed by atoms with Gasteiger partial charge in [0.15, 0.2) is 0 Å². The zero-order valence-electron chi connectivity index (χ0n) is 11.9. The number of rotatable bonds is 8. The first kappa shape index (κ1) is 16.0. The third-order valence-electron chi connectivity index (χ3n) is 3.73. The molecule has 1 fully saturated rings. The SMILES string of the molecule is CN1CCC(NC(=O)CCCCC(CN)N=N)CC1. The summed E-state index contributed by atoms with van der Waals surface area (Å²) in [6.07, 6.45) is 5.24. The average Bonchev–Trinajstić information content (AvgIpc) is 2.42. The third-order valence-corrected chi connectivity index (χ3v) is 3.73. The van der Waals surface area contributed by atoms with E-state index in [0.717, 1.165) is 45.2 Å². The first-order chi connectivity index (χ1) is 9.15. The molecule has 0 aliphatic carbocycles. The molecule has 6 nitrogen and oxygen atoms in total. The molecule has 0 bridgehead atoms. The number of likely N-dealkylation sites (tertiary alicyclic amines) is 1. The molecule has 0 radical (unpaired) electrons. The summed E-state index contributed by atoms with van der Waals surface area (Å²) in [6.45, 7) is 2.55. The van der Waals surface area contributed by atoms with Crippen LogP contribution in [0.5, 0.6) is 0 Å². The van der Waals surface area contributed by atoms with E-state index < -0.39 is 0 Å². The highest BCUT2D eigenvalue weighted by atomic mass is 16.1. The number of hydrogen-bond donors (Lipinski definition) is 3. The fraction of sp³-hybridized carbons (Fsp3) is 0.923. The Bertz CT molecular complexity index is 276. The van der Waals surface area contributed by atoms with Crippen LogP contribution < -0.4 is 11.1 Å². The van der Waals surface area contributed by atoms with Crippen LogP contribution >= 0.6 is 0 Å². The van der Waals surface area contributed by atoms with Gasteiger partial charge in [-0.05, 0) is 45.8 Å². The molecule has 4 N–H and O–H groups in total. The molecule has 0 spiro atoms. The van der Waals surface area contributed by atoms with Gasteiger partial charge in [-0.15, -0.1) is 0 Å². The number of piperidine rings is 1. The lowest BCUT2D eigenvalue weighted by atomic mass is 10.0. The summed E-state index contributed by atoms with van der Waals surface area (Å²) >= 11 is 0. The zero-order valence-corrected chi connectivity index (χ0v) is 11.9. The second kappa shape index (κ2) is 8.98. The topological polar surface area (TPSA) is 94.6 Å². The van der Waals surface area contributed by atoms with Crippen molar-refractivity contribution in [2.45, 2.75) is 50.6 Å². The maximum Gasteiger partial charge on any atom is 0.220 e. The number of nitrogens with one attached hydrogen (secondary N) is 2. The quantitative estimate of drug-likeness (QED) is 0.455. The largest absolute Gasteiger partial charge is 0.353 e. The van der Waals surface area contributed by atoms with Crippen LogP contribution in [0.4, 0.5) is 0 Å². The Morgan fingerprint density at radius 1 is 1.47 bits per heavy atom. The molecule has 0 aromatic heterocycles. The summed E-state index contributed by atoms with van der Waals surface area (Å²) in [7, 11) is 2.11. The Hall–Kier alpha value is -1.01. The number of carbonyl (C=O) groups excluding carboxylic acids is 1. The van der Waals surface area contributed by atoms with Crippen LogP contribution in [-0.4, -0.2) is 49.6 Å². The molecule has 0 aromatic carbocycles. The van der Waals surface area contributed by atoms with Crippen molar-refractivity contribution < 1.29 is 4.79 Å². The monoisotopic (exact) mass is 269 g/mol. The van der Waals surface area contributed by atoms with Gasteiger partial charge in [-0.25, -0.2) is 5.53 Å². The fourth-order valence-corrected chi connectivity index (χ4v) is 2.35. The summed E-state index contributed by atoms with van der Waals surface area (Å²) in [5, 5.41) is 6.55. The maximum atomic E-state index is 11.8. The Balaban J connectivity index is 2.06. The van der Waals surface area contributed by atoms with Crippen molar-refractivity contribution in [1.29, 1.82) is 5.53 Å². The van der Waals surface area contributed by atoms with Crippen molar-refractivity contribution in [1.82, 2.24) is 10.2 Å². The Morgan fingerprint density at radius 2 is 2.16 bits per heavy atom. The van der Waals surface area contributed by atoms with Crippen molar-refractivity contribution in [3.05, 3.63) is 0 Å². The highest BCUT2D eigenvalue weighted by molar-refractivity contribution is 5.76. The molecule has 110 valence electrons. The first-order valence-corrected chi connectivity index (χ1v) is 7.20. The molecular formula is C13H27N5O. The normalized spacial score (nSPS) is 19.1. The lowest BCUT2D eigenvalue weighted by molar-refractivity contribution is -0.122. The molecule has 1 atom stereocenters. The van der Waals surface area contributed by atoms with Gasteiger partial charge in [0, 0.05) is 19.0 Å². The summed E-state index contributed by atoms with van der Waals surface area (Å²) in [4.78, 5) is 14.1. The molecule has 1 heterocycles. The number of hydrogen-bond acceptors (Lipinski definition) is 5. The molecular weight excluding hydrogens is 242 g/mol. The van der Waals surface area contributed by atoms with Crippen molar-refractivity contribution in [2.24, 2.45) is 10.8 Å². The molecule has 19 heavy (non-hydrogen) atoms. The smallest absolute Gasteiger partial charge is 0.220 e. The van der Waals surface area contributed by atoms with E-state index >= 15 is 0 Å². The van der Waals surface area contributed by atoms with E-state index in [4.69, 9.17) is 11.3 Å². The number of nitrogens with zero attached hydrogens (tertiary/aromatic N) is 2. The average molecular weight is 269 g/mol. The van der Waals surface area contributed by atoms with Crippen molar-refractivity contribution in [3.63, 3.8) is 0 Å². The molecule has 0 aromatic rings. The maximum absolute atomic E-state index is 11.8. The van der Waals surface area contributed by atoms with Crippen molar-refractivity contribution >= 4 is 5.91 Å². The van der Waals surface area contributed by atoms with Gasteiger partial charge in [0.1, 0.15) is 0 Å². The zero-order chi connectivity index (χ0) is 14.1. The van der Waals surface area contributed by atoms with Gasteiger partial charge < -0.3 is 16.0 Å². The van der Waals surface area contributed by atoms with E-state index in [0.29, 0.717) is 19.0 Å². The molecule has 1 rings (SSSR count). The minimum atomic E-state index is -0.0723. The number of carbonyl (C=O) groups is 1. The summed E-state index contributed by atoms with van der Waals surface area (Å²) < 4.78 is 0. The summed E-state index contributed by atoms with van der Waals surface area (Å²) in [5.74, 6) is 0.154. The molecule has 0 saturated carbocycles. The van der Waals surface area contributed by atoms with Crippen molar-refractivity contribution in [3.8, 4) is 0 Å². The number of unbranched alkanes of at least 4 members (excludes halogenated alkanes) is 1. The minimum absolute atomic E-state index is 0.0723.